The highest BCUT2D eigenvalue weighted by Gasteiger charge is 2.27. The van der Waals surface area contributed by atoms with Gasteiger partial charge in [-0.3, -0.25) is 9.63 Å². The number of aliphatic hydroxyl groups is 1. The zero-order chi connectivity index (χ0) is 14.8. The van der Waals surface area contributed by atoms with Gasteiger partial charge in [0.25, 0.3) is 5.91 Å². The normalized spacial score (nSPS) is 18.0. The van der Waals surface area contributed by atoms with E-state index in [0.717, 1.165) is 10.8 Å². The highest BCUT2D eigenvalue weighted by atomic mass is 16.7. The van der Waals surface area contributed by atoms with E-state index in [-0.39, 0.29) is 19.1 Å². The average molecular weight is 289 g/mol. The van der Waals surface area contributed by atoms with Crippen molar-refractivity contribution in [3.63, 3.8) is 0 Å². The summed E-state index contributed by atoms with van der Waals surface area (Å²) in [5.41, 5.74) is 1.12. The van der Waals surface area contributed by atoms with Crippen LogP contribution in [0, 0.1) is 0 Å². The number of aromatic nitrogens is 2. The van der Waals surface area contributed by atoms with Gasteiger partial charge >= 0.3 is 0 Å². The van der Waals surface area contributed by atoms with E-state index in [1.807, 2.05) is 24.3 Å². The van der Waals surface area contributed by atoms with Gasteiger partial charge in [0.1, 0.15) is 24.1 Å². The van der Waals surface area contributed by atoms with Gasteiger partial charge in [0, 0.05) is 6.20 Å². The molecule has 1 atom stereocenters. The first-order valence-electron chi connectivity index (χ1n) is 6.50. The summed E-state index contributed by atoms with van der Waals surface area (Å²) in [6.45, 7) is 0.297. The fourth-order valence-corrected chi connectivity index (χ4v) is 2.14. The van der Waals surface area contributed by atoms with E-state index in [1.165, 1.54) is 6.20 Å². The van der Waals surface area contributed by atoms with Gasteiger partial charge in [0.2, 0.25) is 0 Å². The Hall–Kier alpha value is -2.38. The number of rotatable bonds is 3. The van der Waals surface area contributed by atoms with Crippen LogP contribution in [-0.4, -0.2) is 52.2 Å². The lowest BCUT2D eigenvalue weighted by molar-refractivity contribution is -0.0779. The summed E-state index contributed by atoms with van der Waals surface area (Å²) in [5, 5.41) is 14.7. The number of aliphatic hydroxyl groups excluding tert-OH is 1. The predicted octanol–water partition coefficient (Wildman–Crippen LogP) is 0.629. The van der Waals surface area contributed by atoms with Crippen LogP contribution in [0.3, 0.4) is 0 Å². The standard InChI is InChI=1S/C14H15N3O4/c1-20-13-5-3-2-4-12(13)16-7-10(6-15-16)14(19)17-8-11(18)9-21-17/h2-7,11,18H,8-9H2,1H3/t11-/m1/s1. The van der Waals surface area contributed by atoms with Crippen molar-refractivity contribution < 1.29 is 19.5 Å². The largest absolute Gasteiger partial charge is 0.494 e. The monoisotopic (exact) mass is 289 g/mol. The molecule has 21 heavy (non-hydrogen) atoms. The molecule has 0 spiro atoms. The summed E-state index contributed by atoms with van der Waals surface area (Å²) in [6, 6.07) is 7.38. The summed E-state index contributed by atoms with van der Waals surface area (Å²) in [7, 11) is 1.58. The zero-order valence-electron chi connectivity index (χ0n) is 11.5. The third-order valence-electron chi connectivity index (χ3n) is 3.19. The number of benzene rings is 1. The lowest BCUT2D eigenvalue weighted by atomic mass is 10.3. The molecule has 1 fully saturated rings. The van der Waals surface area contributed by atoms with Gasteiger partial charge in [-0.05, 0) is 12.1 Å². The second-order valence-electron chi connectivity index (χ2n) is 4.66. The molecule has 7 heteroatoms. The number of carbonyl (C=O) groups excluding carboxylic acids is 1. The lowest BCUT2D eigenvalue weighted by Gasteiger charge is -2.12. The molecule has 1 N–H and O–H groups in total. The minimum Gasteiger partial charge on any atom is -0.494 e. The van der Waals surface area contributed by atoms with Gasteiger partial charge < -0.3 is 9.84 Å². The van der Waals surface area contributed by atoms with Crippen LogP contribution in [0.4, 0.5) is 0 Å². The van der Waals surface area contributed by atoms with Gasteiger partial charge in [0.05, 0.1) is 25.4 Å². The van der Waals surface area contributed by atoms with Crippen LogP contribution >= 0.6 is 0 Å². The van der Waals surface area contributed by atoms with E-state index in [9.17, 15) is 9.90 Å². The molecule has 1 aromatic heterocycles. The van der Waals surface area contributed by atoms with Crippen molar-refractivity contribution in [2.24, 2.45) is 0 Å². The summed E-state index contributed by atoms with van der Waals surface area (Å²) >= 11 is 0. The number of amides is 1. The van der Waals surface area contributed by atoms with E-state index in [1.54, 1.807) is 18.0 Å². The van der Waals surface area contributed by atoms with Crippen LogP contribution in [0.1, 0.15) is 10.4 Å². The molecule has 0 bridgehead atoms. The third-order valence-corrected chi connectivity index (χ3v) is 3.19. The molecule has 2 heterocycles. The number of carbonyl (C=O) groups is 1. The number of nitrogens with zero attached hydrogens (tertiary/aromatic N) is 3. The van der Waals surface area contributed by atoms with E-state index >= 15 is 0 Å². The third kappa shape index (κ3) is 2.61. The van der Waals surface area contributed by atoms with Crippen LogP contribution in [0.25, 0.3) is 5.69 Å². The molecule has 1 amide bonds. The molecule has 2 aromatic rings. The first-order valence-corrected chi connectivity index (χ1v) is 6.50. The smallest absolute Gasteiger partial charge is 0.280 e. The number of hydroxylamine groups is 2. The van der Waals surface area contributed by atoms with Gasteiger partial charge in [-0.25, -0.2) is 9.75 Å². The molecule has 0 aliphatic carbocycles. The van der Waals surface area contributed by atoms with Crippen molar-refractivity contribution in [1.82, 2.24) is 14.8 Å². The van der Waals surface area contributed by atoms with Crippen molar-refractivity contribution in [3.8, 4) is 11.4 Å². The highest BCUT2D eigenvalue weighted by molar-refractivity contribution is 5.93. The first kappa shape index (κ1) is 13.6. The Morgan fingerprint density at radius 1 is 1.48 bits per heavy atom. The Labute approximate surface area is 121 Å². The average Bonchev–Trinajstić information content (AvgIpc) is 3.15. The van der Waals surface area contributed by atoms with Crippen molar-refractivity contribution in [1.29, 1.82) is 0 Å². The Morgan fingerprint density at radius 2 is 2.29 bits per heavy atom. The van der Waals surface area contributed by atoms with Crippen LogP contribution in [-0.2, 0) is 4.84 Å². The maximum atomic E-state index is 12.2. The highest BCUT2D eigenvalue weighted by Crippen LogP contribution is 2.22. The van der Waals surface area contributed by atoms with E-state index in [2.05, 4.69) is 5.10 Å². The molecule has 0 saturated carbocycles. The molecule has 1 aromatic carbocycles. The number of hydrogen-bond acceptors (Lipinski definition) is 5. The topological polar surface area (TPSA) is 76.8 Å². The van der Waals surface area contributed by atoms with Gasteiger partial charge in [-0.2, -0.15) is 5.10 Å². The number of para-hydroxylation sites is 2. The number of ether oxygens (including phenoxy) is 1. The fraction of sp³-hybridized carbons (Fsp3) is 0.286. The predicted molar refractivity (Wildman–Crippen MR) is 73.1 cm³/mol. The van der Waals surface area contributed by atoms with Crippen molar-refractivity contribution in [2.45, 2.75) is 6.10 Å². The van der Waals surface area contributed by atoms with Crippen LogP contribution in [0.2, 0.25) is 0 Å². The molecular formula is C14H15N3O4. The zero-order valence-corrected chi connectivity index (χ0v) is 11.5. The Morgan fingerprint density at radius 3 is 3.00 bits per heavy atom. The van der Waals surface area contributed by atoms with E-state index in [4.69, 9.17) is 9.57 Å². The molecule has 110 valence electrons. The van der Waals surface area contributed by atoms with Crippen molar-refractivity contribution >= 4 is 5.91 Å². The maximum absolute atomic E-state index is 12.2. The minimum absolute atomic E-state index is 0.131. The summed E-state index contributed by atoms with van der Waals surface area (Å²) in [4.78, 5) is 17.3. The molecule has 0 radical (unpaired) electrons. The van der Waals surface area contributed by atoms with Gasteiger partial charge in [0.15, 0.2) is 0 Å². The lowest BCUT2D eigenvalue weighted by Crippen LogP contribution is -2.28. The quantitative estimate of drug-likeness (QED) is 0.896. The van der Waals surface area contributed by atoms with Gasteiger partial charge in [-0.1, -0.05) is 12.1 Å². The SMILES string of the molecule is COc1ccccc1-n1cc(C(=O)N2C[C@@H](O)CO2)cn1. The van der Waals surface area contributed by atoms with Crippen molar-refractivity contribution in [2.75, 3.05) is 20.3 Å². The Bertz CT molecular complexity index is 655. The molecule has 1 aliphatic rings. The molecular weight excluding hydrogens is 274 g/mol. The molecule has 1 aliphatic heterocycles. The number of methoxy groups -OCH3 is 1. The van der Waals surface area contributed by atoms with Crippen molar-refractivity contribution in [3.05, 3.63) is 42.2 Å². The summed E-state index contributed by atoms with van der Waals surface area (Å²) in [5.74, 6) is 0.333. The Balaban J connectivity index is 1.85. The summed E-state index contributed by atoms with van der Waals surface area (Å²) in [6.07, 6.45) is 2.43. The van der Waals surface area contributed by atoms with Gasteiger partial charge in [-0.15, -0.1) is 0 Å². The number of β-amino-alcohol motifs (C(OH)–C–C–N with tert-alkyl or cyclic N) is 1. The molecule has 1 saturated heterocycles. The van der Waals surface area contributed by atoms with E-state index < -0.39 is 6.10 Å². The second-order valence-corrected chi connectivity index (χ2v) is 4.66. The fourth-order valence-electron chi connectivity index (χ4n) is 2.14. The van der Waals surface area contributed by atoms with Crippen LogP contribution < -0.4 is 4.74 Å². The number of hydrogen-bond donors (Lipinski definition) is 1. The summed E-state index contributed by atoms with van der Waals surface area (Å²) < 4.78 is 6.84. The molecule has 0 unspecified atom stereocenters. The minimum atomic E-state index is -0.641. The maximum Gasteiger partial charge on any atom is 0.280 e. The van der Waals surface area contributed by atoms with Crippen LogP contribution in [0.15, 0.2) is 36.7 Å². The van der Waals surface area contributed by atoms with E-state index in [0.29, 0.717) is 11.3 Å². The molecule has 3 rings (SSSR count). The Kier molecular flexibility index (Phi) is 3.59. The molecule has 7 nitrogen and oxygen atoms in total. The first-order chi connectivity index (χ1) is 10.2. The second kappa shape index (κ2) is 5.55. The van der Waals surface area contributed by atoms with Crippen LogP contribution in [0.5, 0.6) is 5.75 Å².